The number of carbonyl (C=O) groups is 1. The number of amides is 1. The third kappa shape index (κ3) is 4.36. The molecule has 1 aliphatic rings. The predicted molar refractivity (Wildman–Crippen MR) is 89.2 cm³/mol. The lowest BCUT2D eigenvalue weighted by atomic mass is 10.2. The van der Waals surface area contributed by atoms with Gasteiger partial charge in [-0.2, -0.15) is 0 Å². The summed E-state index contributed by atoms with van der Waals surface area (Å²) in [5.74, 6) is 3.01. The molecule has 0 fully saturated rings. The fourth-order valence-electron chi connectivity index (χ4n) is 2.16. The maximum absolute atomic E-state index is 11.8. The van der Waals surface area contributed by atoms with Gasteiger partial charge in [0.25, 0.3) is 0 Å². The van der Waals surface area contributed by atoms with E-state index >= 15 is 0 Å². The molecule has 1 aromatic heterocycles. The van der Waals surface area contributed by atoms with E-state index in [1.165, 1.54) is 11.8 Å². The summed E-state index contributed by atoms with van der Waals surface area (Å²) in [5, 5.41) is 3.35. The summed E-state index contributed by atoms with van der Waals surface area (Å²) < 4.78 is 16.2. The van der Waals surface area contributed by atoms with Gasteiger partial charge in [-0.25, -0.2) is 0 Å². The average Bonchev–Trinajstić information content (AvgIpc) is 3.06. The van der Waals surface area contributed by atoms with Crippen molar-refractivity contribution in [2.24, 2.45) is 0 Å². The highest BCUT2D eigenvalue weighted by Crippen LogP contribution is 2.39. The first kappa shape index (κ1) is 16.1. The number of ether oxygens (including phenoxy) is 2. The van der Waals surface area contributed by atoms with Gasteiger partial charge < -0.3 is 19.2 Å². The van der Waals surface area contributed by atoms with Crippen molar-refractivity contribution < 1.29 is 18.7 Å². The Morgan fingerprint density at radius 1 is 1.30 bits per heavy atom. The van der Waals surface area contributed by atoms with Crippen molar-refractivity contribution in [3.63, 3.8) is 0 Å². The lowest BCUT2D eigenvalue weighted by molar-refractivity contribution is -0.118. The third-order valence-electron chi connectivity index (χ3n) is 3.20. The molecule has 0 aliphatic carbocycles. The quantitative estimate of drug-likeness (QED) is 0.863. The SMILES string of the molecule is O=C(CSCc1cc(Cl)c2c(c1)OCCO2)NCc1ccco1. The first-order valence-corrected chi connectivity index (χ1v) is 8.70. The number of hydrogen-bond acceptors (Lipinski definition) is 5. The normalized spacial score (nSPS) is 12.9. The van der Waals surface area contributed by atoms with Gasteiger partial charge in [-0.3, -0.25) is 4.79 Å². The Hall–Kier alpha value is -1.79. The standard InChI is InChI=1S/C16H16ClNO4S/c17-13-6-11(7-14-16(13)22-5-4-21-14)9-23-10-15(19)18-8-12-2-1-3-20-12/h1-3,6-7H,4-5,8-10H2,(H,18,19). The van der Waals surface area contributed by atoms with Crippen molar-refractivity contribution in [3.05, 3.63) is 46.9 Å². The van der Waals surface area contributed by atoms with Gasteiger partial charge in [0.15, 0.2) is 11.5 Å². The Morgan fingerprint density at radius 3 is 3.00 bits per heavy atom. The Morgan fingerprint density at radius 2 is 2.17 bits per heavy atom. The molecule has 122 valence electrons. The van der Waals surface area contributed by atoms with Gasteiger partial charge in [0.05, 0.1) is 23.6 Å². The summed E-state index contributed by atoms with van der Waals surface area (Å²) in [6, 6.07) is 7.38. The van der Waals surface area contributed by atoms with Crippen molar-refractivity contribution >= 4 is 29.3 Å². The van der Waals surface area contributed by atoms with Crippen molar-refractivity contribution in [3.8, 4) is 11.5 Å². The Kier molecular flexibility index (Phi) is 5.35. The van der Waals surface area contributed by atoms with E-state index in [1.807, 2.05) is 18.2 Å². The smallest absolute Gasteiger partial charge is 0.230 e. The molecule has 0 saturated heterocycles. The molecule has 0 saturated carbocycles. The van der Waals surface area contributed by atoms with Crippen LogP contribution in [-0.2, 0) is 17.1 Å². The lowest BCUT2D eigenvalue weighted by Gasteiger charge is -2.20. The topological polar surface area (TPSA) is 60.7 Å². The van der Waals surface area contributed by atoms with Crippen LogP contribution in [0.5, 0.6) is 11.5 Å². The molecule has 2 heterocycles. The number of nitrogens with one attached hydrogen (secondary N) is 1. The van der Waals surface area contributed by atoms with Crippen LogP contribution < -0.4 is 14.8 Å². The molecular weight excluding hydrogens is 338 g/mol. The van der Waals surface area contributed by atoms with E-state index in [9.17, 15) is 4.79 Å². The van der Waals surface area contributed by atoms with Crippen LogP contribution in [0.15, 0.2) is 34.9 Å². The van der Waals surface area contributed by atoms with Gasteiger partial charge in [0.1, 0.15) is 19.0 Å². The molecule has 0 bridgehead atoms. The van der Waals surface area contributed by atoms with Crippen LogP contribution in [-0.4, -0.2) is 24.9 Å². The van der Waals surface area contributed by atoms with E-state index in [-0.39, 0.29) is 5.91 Å². The molecule has 0 spiro atoms. The van der Waals surface area contributed by atoms with Gasteiger partial charge in [0, 0.05) is 5.75 Å². The minimum absolute atomic E-state index is 0.0324. The molecule has 1 N–H and O–H groups in total. The van der Waals surface area contributed by atoms with Crippen LogP contribution in [0, 0.1) is 0 Å². The highest BCUT2D eigenvalue weighted by molar-refractivity contribution is 7.99. The summed E-state index contributed by atoms with van der Waals surface area (Å²) in [6.07, 6.45) is 1.59. The van der Waals surface area contributed by atoms with Gasteiger partial charge in [-0.1, -0.05) is 11.6 Å². The van der Waals surface area contributed by atoms with Gasteiger partial charge in [-0.05, 0) is 29.8 Å². The highest BCUT2D eigenvalue weighted by atomic mass is 35.5. The molecular formula is C16H16ClNO4S. The maximum atomic E-state index is 11.8. The molecule has 2 aromatic rings. The largest absolute Gasteiger partial charge is 0.486 e. The molecule has 0 unspecified atom stereocenters. The summed E-state index contributed by atoms with van der Waals surface area (Å²) in [4.78, 5) is 11.8. The molecule has 0 radical (unpaired) electrons. The number of fused-ring (bicyclic) bond motifs is 1. The van der Waals surface area contributed by atoms with Crippen molar-refractivity contribution in [2.45, 2.75) is 12.3 Å². The number of carbonyl (C=O) groups excluding carboxylic acids is 1. The number of furan rings is 1. The second-order valence-corrected chi connectivity index (χ2v) is 6.34. The van der Waals surface area contributed by atoms with E-state index in [4.69, 9.17) is 25.5 Å². The van der Waals surface area contributed by atoms with Crippen LogP contribution in [0.3, 0.4) is 0 Å². The van der Waals surface area contributed by atoms with E-state index in [1.54, 1.807) is 12.3 Å². The van der Waals surface area contributed by atoms with Gasteiger partial charge in [-0.15, -0.1) is 11.8 Å². The van der Waals surface area contributed by atoms with Crippen LogP contribution in [0.4, 0.5) is 0 Å². The van der Waals surface area contributed by atoms with E-state index in [0.29, 0.717) is 47.8 Å². The average molecular weight is 354 g/mol. The highest BCUT2D eigenvalue weighted by Gasteiger charge is 2.16. The molecule has 1 aromatic carbocycles. The molecule has 23 heavy (non-hydrogen) atoms. The zero-order valence-electron chi connectivity index (χ0n) is 12.3. The summed E-state index contributed by atoms with van der Waals surface area (Å²) in [7, 11) is 0. The minimum atomic E-state index is -0.0324. The number of halogens is 1. The number of thioether (sulfide) groups is 1. The van der Waals surface area contributed by atoms with Crippen LogP contribution in [0.25, 0.3) is 0 Å². The van der Waals surface area contributed by atoms with Crippen LogP contribution in [0.1, 0.15) is 11.3 Å². The lowest BCUT2D eigenvalue weighted by Crippen LogP contribution is -2.24. The first-order chi connectivity index (χ1) is 11.2. The van der Waals surface area contributed by atoms with Crippen LogP contribution >= 0.6 is 23.4 Å². The third-order valence-corrected chi connectivity index (χ3v) is 4.48. The summed E-state index contributed by atoms with van der Waals surface area (Å²) >= 11 is 7.70. The van der Waals surface area contributed by atoms with Gasteiger partial charge in [0.2, 0.25) is 5.91 Å². The predicted octanol–water partition coefficient (Wildman–Crippen LogP) is 3.25. The summed E-state index contributed by atoms with van der Waals surface area (Å²) in [6.45, 7) is 1.44. The zero-order chi connectivity index (χ0) is 16.1. The molecule has 3 rings (SSSR count). The van der Waals surface area contributed by atoms with E-state index < -0.39 is 0 Å². The zero-order valence-corrected chi connectivity index (χ0v) is 13.9. The number of benzene rings is 1. The fourth-order valence-corrected chi connectivity index (χ4v) is 3.24. The monoisotopic (exact) mass is 353 g/mol. The second-order valence-electron chi connectivity index (χ2n) is 4.95. The molecule has 1 amide bonds. The molecule has 1 aliphatic heterocycles. The Bertz CT molecular complexity index is 675. The van der Waals surface area contributed by atoms with E-state index in [2.05, 4.69) is 5.32 Å². The minimum Gasteiger partial charge on any atom is -0.486 e. The first-order valence-electron chi connectivity index (χ1n) is 7.17. The van der Waals surface area contributed by atoms with Gasteiger partial charge >= 0.3 is 0 Å². The number of rotatable bonds is 6. The Balaban J connectivity index is 1.47. The molecule has 5 nitrogen and oxygen atoms in total. The van der Waals surface area contributed by atoms with Crippen molar-refractivity contribution in [1.82, 2.24) is 5.32 Å². The fraction of sp³-hybridized carbons (Fsp3) is 0.312. The van der Waals surface area contributed by atoms with Crippen molar-refractivity contribution in [2.75, 3.05) is 19.0 Å². The molecule has 7 heteroatoms. The Labute approximate surface area is 143 Å². The van der Waals surface area contributed by atoms with Crippen LogP contribution in [0.2, 0.25) is 5.02 Å². The van der Waals surface area contributed by atoms with E-state index in [0.717, 1.165) is 11.3 Å². The summed E-state index contributed by atoms with van der Waals surface area (Å²) in [5.41, 5.74) is 1.00. The number of hydrogen-bond donors (Lipinski definition) is 1. The second kappa shape index (κ2) is 7.66. The van der Waals surface area contributed by atoms with Crippen molar-refractivity contribution in [1.29, 1.82) is 0 Å². The molecule has 0 atom stereocenters. The maximum Gasteiger partial charge on any atom is 0.230 e.